The number of rotatable bonds is 3. The Morgan fingerprint density at radius 1 is 1.26 bits per heavy atom. The van der Waals surface area contributed by atoms with Gasteiger partial charge in [0.25, 0.3) is 0 Å². The number of nitrogens with zero attached hydrogens (tertiary/aromatic N) is 3. The molecule has 6 heteroatoms. The first-order chi connectivity index (χ1) is 12.8. The minimum atomic E-state index is 0.101. The van der Waals surface area contributed by atoms with Gasteiger partial charge >= 0.3 is 0 Å². The van der Waals surface area contributed by atoms with E-state index in [1.807, 2.05) is 19.1 Å². The van der Waals surface area contributed by atoms with Crippen molar-refractivity contribution in [3.8, 4) is 17.0 Å². The van der Waals surface area contributed by atoms with E-state index in [1.165, 1.54) is 5.56 Å². The summed E-state index contributed by atoms with van der Waals surface area (Å²) < 4.78 is 0. The van der Waals surface area contributed by atoms with E-state index in [0.717, 1.165) is 47.6 Å². The molecule has 1 aromatic carbocycles. The Balaban J connectivity index is 1.76. The van der Waals surface area contributed by atoms with E-state index in [4.69, 9.17) is 4.98 Å². The van der Waals surface area contributed by atoms with Gasteiger partial charge in [-0.05, 0) is 63.6 Å². The molecule has 1 fully saturated rings. The Bertz CT molecular complexity index is 961. The molecule has 3 N–H and O–H groups in total. The van der Waals surface area contributed by atoms with Crippen LogP contribution in [0.4, 0.5) is 0 Å². The summed E-state index contributed by atoms with van der Waals surface area (Å²) in [7, 11) is 0. The third kappa shape index (κ3) is 3.55. The zero-order valence-corrected chi connectivity index (χ0v) is 16.4. The minimum Gasteiger partial charge on any atom is -0.508 e. The Kier molecular flexibility index (Phi) is 4.40. The lowest BCUT2D eigenvalue weighted by Gasteiger charge is -2.43. The van der Waals surface area contributed by atoms with Gasteiger partial charge in [0.05, 0.1) is 5.69 Å². The maximum absolute atomic E-state index is 9.58. The molecule has 1 saturated heterocycles. The number of hydrogen-bond donors (Lipinski definition) is 3. The number of benzene rings is 1. The highest BCUT2D eigenvalue weighted by molar-refractivity contribution is 5.84. The summed E-state index contributed by atoms with van der Waals surface area (Å²) in [5.74, 6) is 0.257. The van der Waals surface area contributed by atoms with Gasteiger partial charge in [0.2, 0.25) is 0 Å². The third-order valence-electron chi connectivity index (χ3n) is 5.42. The van der Waals surface area contributed by atoms with Crippen LogP contribution in [-0.2, 0) is 6.54 Å². The number of pyridine rings is 1. The Morgan fingerprint density at radius 2 is 2.00 bits per heavy atom. The van der Waals surface area contributed by atoms with Crippen LogP contribution in [0, 0.1) is 6.92 Å². The molecule has 27 heavy (non-hydrogen) atoms. The second-order valence-corrected chi connectivity index (χ2v) is 8.28. The molecule has 0 aliphatic carbocycles. The number of nitrogens with one attached hydrogen (secondary N) is 2. The van der Waals surface area contributed by atoms with Crippen molar-refractivity contribution in [1.29, 1.82) is 0 Å². The van der Waals surface area contributed by atoms with E-state index in [-0.39, 0.29) is 11.3 Å². The molecule has 3 heterocycles. The van der Waals surface area contributed by atoms with Crippen molar-refractivity contribution in [2.75, 3.05) is 13.1 Å². The van der Waals surface area contributed by atoms with Crippen molar-refractivity contribution in [1.82, 2.24) is 25.4 Å². The minimum absolute atomic E-state index is 0.101. The van der Waals surface area contributed by atoms with Gasteiger partial charge in [-0.25, -0.2) is 4.98 Å². The summed E-state index contributed by atoms with van der Waals surface area (Å²) in [6.07, 6.45) is 0. The van der Waals surface area contributed by atoms with E-state index in [0.29, 0.717) is 6.04 Å². The maximum Gasteiger partial charge on any atom is 0.182 e. The van der Waals surface area contributed by atoms with Crippen molar-refractivity contribution in [3.05, 3.63) is 41.6 Å². The second kappa shape index (κ2) is 6.62. The van der Waals surface area contributed by atoms with Crippen molar-refractivity contribution in [3.63, 3.8) is 0 Å². The van der Waals surface area contributed by atoms with Gasteiger partial charge in [0.1, 0.15) is 5.75 Å². The third-order valence-corrected chi connectivity index (χ3v) is 5.42. The first-order valence-electron chi connectivity index (χ1n) is 9.45. The first kappa shape index (κ1) is 17.9. The number of aromatic amines is 1. The number of H-pyrrole nitrogens is 1. The lowest BCUT2D eigenvalue weighted by atomic mass is 9.97. The molecule has 4 rings (SSSR count). The molecule has 0 unspecified atom stereocenters. The Hall–Kier alpha value is -2.44. The van der Waals surface area contributed by atoms with E-state index in [2.05, 4.69) is 47.3 Å². The molecule has 0 bridgehead atoms. The normalized spacial score (nSPS) is 20.2. The zero-order chi connectivity index (χ0) is 19.2. The molecule has 0 spiro atoms. The second-order valence-electron chi connectivity index (χ2n) is 8.28. The van der Waals surface area contributed by atoms with Crippen molar-refractivity contribution < 1.29 is 5.11 Å². The van der Waals surface area contributed by atoms with Crippen LogP contribution in [0.5, 0.6) is 5.75 Å². The van der Waals surface area contributed by atoms with Crippen molar-refractivity contribution in [2.24, 2.45) is 0 Å². The predicted octanol–water partition coefficient (Wildman–Crippen LogP) is 3.21. The van der Waals surface area contributed by atoms with Crippen LogP contribution in [-0.4, -0.2) is 49.9 Å². The van der Waals surface area contributed by atoms with E-state index < -0.39 is 0 Å². The highest BCUT2D eigenvalue weighted by atomic mass is 16.3. The fraction of sp³-hybridized carbons (Fsp3) is 0.429. The van der Waals surface area contributed by atoms with Crippen molar-refractivity contribution >= 4 is 11.0 Å². The van der Waals surface area contributed by atoms with Gasteiger partial charge in [-0.2, -0.15) is 5.10 Å². The topological polar surface area (TPSA) is 77.1 Å². The monoisotopic (exact) mass is 365 g/mol. The summed E-state index contributed by atoms with van der Waals surface area (Å²) in [6, 6.07) is 9.80. The molecule has 1 atom stereocenters. The number of aromatic nitrogens is 3. The van der Waals surface area contributed by atoms with Crippen LogP contribution >= 0.6 is 0 Å². The van der Waals surface area contributed by atoms with Gasteiger partial charge < -0.3 is 10.4 Å². The number of phenols is 1. The first-order valence-corrected chi connectivity index (χ1v) is 9.45. The van der Waals surface area contributed by atoms with Gasteiger partial charge in [-0.15, -0.1) is 0 Å². The number of aryl methyl sites for hydroxylation is 1. The number of phenolic OH excluding ortho intramolecular Hbond substituents is 1. The maximum atomic E-state index is 9.58. The Morgan fingerprint density at radius 3 is 2.74 bits per heavy atom. The summed E-state index contributed by atoms with van der Waals surface area (Å²) in [5.41, 5.74) is 4.99. The molecular formula is C21H27N5O. The van der Waals surface area contributed by atoms with Gasteiger partial charge in [0.15, 0.2) is 5.65 Å². The molecular weight excluding hydrogens is 338 g/mol. The molecule has 6 nitrogen and oxygen atoms in total. The smallest absolute Gasteiger partial charge is 0.182 e. The highest BCUT2D eigenvalue weighted by Gasteiger charge is 2.30. The number of hydrogen-bond acceptors (Lipinski definition) is 5. The predicted molar refractivity (Wildman–Crippen MR) is 108 cm³/mol. The lowest BCUT2D eigenvalue weighted by Crippen LogP contribution is -2.60. The SMILES string of the molecule is Cc1[nH]nc2nc(-c3ccc(O)cc3)cc(CN3CC(C)(C)NC[C@@H]3C)c12. The summed E-state index contributed by atoms with van der Waals surface area (Å²) in [6.45, 7) is 11.6. The number of aromatic hydroxyl groups is 1. The van der Waals surface area contributed by atoms with E-state index >= 15 is 0 Å². The molecule has 0 amide bonds. The van der Waals surface area contributed by atoms with Gasteiger partial charge in [-0.1, -0.05) is 0 Å². The number of piperazine rings is 1. The van der Waals surface area contributed by atoms with Gasteiger partial charge in [0, 0.05) is 47.9 Å². The fourth-order valence-corrected chi connectivity index (χ4v) is 3.87. The molecule has 2 aromatic heterocycles. The van der Waals surface area contributed by atoms with Gasteiger partial charge in [-0.3, -0.25) is 10.00 Å². The fourth-order valence-electron chi connectivity index (χ4n) is 3.87. The lowest BCUT2D eigenvalue weighted by molar-refractivity contribution is 0.0982. The summed E-state index contributed by atoms with van der Waals surface area (Å²) >= 11 is 0. The Labute approximate surface area is 159 Å². The summed E-state index contributed by atoms with van der Waals surface area (Å²) in [4.78, 5) is 7.27. The molecule has 1 aliphatic rings. The van der Waals surface area contributed by atoms with E-state index in [1.54, 1.807) is 12.1 Å². The highest BCUT2D eigenvalue weighted by Crippen LogP contribution is 2.29. The van der Waals surface area contributed by atoms with Crippen LogP contribution in [0.1, 0.15) is 32.0 Å². The quantitative estimate of drug-likeness (QED) is 0.664. The summed E-state index contributed by atoms with van der Waals surface area (Å²) in [5, 5.41) is 21.8. The van der Waals surface area contributed by atoms with Crippen LogP contribution in [0.15, 0.2) is 30.3 Å². The molecule has 0 radical (unpaired) electrons. The molecule has 1 aliphatic heterocycles. The zero-order valence-electron chi connectivity index (χ0n) is 16.4. The largest absolute Gasteiger partial charge is 0.508 e. The average Bonchev–Trinajstić information content (AvgIpc) is 3.00. The average molecular weight is 365 g/mol. The molecule has 142 valence electrons. The van der Waals surface area contributed by atoms with Crippen molar-refractivity contribution in [2.45, 2.75) is 45.8 Å². The molecule has 0 saturated carbocycles. The van der Waals surface area contributed by atoms with Crippen LogP contribution in [0.25, 0.3) is 22.3 Å². The molecule has 3 aromatic rings. The number of fused-ring (bicyclic) bond motifs is 1. The van der Waals surface area contributed by atoms with Crippen LogP contribution in [0.3, 0.4) is 0 Å². The standard InChI is InChI=1S/C21H27N5O/c1-13-10-22-21(3,4)12-26(13)11-16-9-18(15-5-7-17(27)8-6-15)23-20-19(16)14(2)24-25-20/h5-9,13,22,27H,10-12H2,1-4H3,(H,23,24,25)/t13-/m0/s1. The van der Waals surface area contributed by atoms with Crippen LogP contribution in [0.2, 0.25) is 0 Å². The van der Waals surface area contributed by atoms with E-state index in [9.17, 15) is 5.11 Å². The van der Waals surface area contributed by atoms with Crippen LogP contribution < -0.4 is 5.32 Å².